The largest absolute Gasteiger partial charge is 0.497 e. The number of fused-ring (bicyclic) bond motifs is 1. The molecular formula is C22H26N4O5S. The molecule has 3 N–H and O–H groups in total. The SMILES string of the molecule is COc1ccc(CNC(=O)CNC(=O)[C@@H](N=C2NS(=O)(=O)c3ccccc32)C(C)C)cc1. The lowest BCUT2D eigenvalue weighted by molar-refractivity contribution is -0.127. The van der Waals surface area contributed by atoms with Crippen LogP contribution in [0.5, 0.6) is 5.75 Å². The minimum Gasteiger partial charge on any atom is -0.497 e. The van der Waals surface area contributed by atoms with Crippen LogP contribution in [0.1, 0.15) is 25.0 Å². The van der Waals surface area contributed by atoms with Crippen LogP contribution in [0.3, 0.4) is 0 Å². The van der Waals surface area contributed by atoms with Crippen LogP contribution >= 0.6 is 0 Å². The zero-order valence-corrected chi connectivity index (χ0v) is 18.9. The summed E-state index contributed by atoms with van der Waals surface area (Å²) in [7, 11) is -2.12. The van der Waals surface area contributed by atoms with Crippen molar-refractivity contribution in [2.45, 2.75) is 31.3 Å². The number of carbonyl (C=O) groups is 2. The molecule has 32 heavy (non-hydrogen) atoms. The van der Waals surface area contributed by atoms with Crippen molar-refractivity contribution in [1.82, 2.24) is 15.4 Å². The summed E-state index contributed by atoms with van der Waals surface area (Å²) in [5.74, 6) is -0.187. The predicted octanol–water partition coefficient (Wildman–Crippen LogP) is 1.19. The maximum atomic E-state index is 12.7. The Labute approximate surface area is 187 Å². The topological polar surface area (TPSA) is 126 Å². The number of methoxy groups -OCH3 is 1. The molecule has 0 aromatic heterocycles. The number of aliphatic imine (C=N–C) groups is 1. The molecule has 1 heterocycles. The van der Waals surface area contributed by atoms with Crippen molar-refractivity contribution in [3.8, 4) is 5.75 Å². The Kier molecular flexibility index (Phi) is 7.14. The van der Waals surface area contributed by atoms with E-state index in [2.05, 4.69) is 20.3 Å². The van der Waals surface area contributed by atoms with Gasteiger partial charge < -0.3 is 15.4 Å². The van der Waals surface area contributed by atoms with Crippen molar-refractivity contribution < 1.29 is 22.7 Å². The molecule has 2 aromatic rings. The van der Waals surface area contributed by atoms with E-state index in [1.165, 1.54) is 6.07 Å². The Morgan fingerprint density at radius 2 is 1.75 bits per heavy atom. The number of carbonyl (C=O) groups excluding carboxylic acids is 2. The molecule has 0 fully saturated rings. The van der Waals surface area contributed by atoms with Crippen molar-refractivity contribution in [3.05, 3.63) is 59.7 Å². The number of nitrogens with zero attached hydrogens (tertiary/aromatic N) is 1. The second kappa shape index (κ2) is 9.82. The van der Waals surface area contributed by atoms with Gasteiger partial charge in [-0.15, -0.1) is 0 Å². The second-order valence-electron chi connectivity index (χ2n) is 7.61. The fourth-order valence-electron chi connectivity index (χ4n) is 3.16. The monoisotopic (exact) mass is 458 g/mol. The van der Waals surface area contributed by atoms with Crippen molar-refractivity contribution in [1.29, 1.82) is 0 Å². The van der Waals surface area contributed by atoms with Gasteiger partial charge in [-0.05, 0) is 35.7 Å². The molecule has 1 aliphatic heterocycles. The molecule has 0 aliphatic carbocycles. The number of benzene rings is 2. The minimum atomic E-state index is -3.70. The predicted molar refractivity (Wildman–Crippen MR) is 120 cm³/mol. The molecule has 1 atom stereocenters. The second-order valence-corrected chi connectivity index (χ2v) is 9.26. The molecule has 10 heteroatoms. The van der Waals surface area contributed by atoms with Crippen molar-refractivity contribution >= 4 is 27.7 Å². The molecule has 0 saturated carbocycles. The number of nitrogens with one attached hydrogen (secondary N) is 3. The normalized spacial score (nSPS) is 16.2. The van der Waals surface area contributed by atoms with Crippen LogP contribution in [0, 0.1) is 5.92 Å². The van der Waals surface area contributed by atoms with E-state index in [0.29, 0.717) is 12.1 Å². The fourth-order valence-corrected chi connectivity index (χ4v) is 4.40. The quantitative estimate of drug-likeness (QED) is 0.548. The number of amidine groups is 1. The molecule has 1 aliphatic rings. The number of sulfonamides is 1. The zero-order valence-electron chi connectivity index (χ0n) is 18.1. The smallest absolute Gasteiger partial charge is 0.263 e. The third kappa shape index (κ3) is 5.44. The minimum absolute atomic E-state index is 0.124. The van der Waals surface area contributed by atoms with Gasteiger partial charge in [0.05, 0.1) is 18.6 Å². The molecule has 0 bridgehead atoms. The van der Waals surface area contributed by atoms with E-state index in [0.717, 1.165) is 11.3 Å². The summed E-state index contributed by atoms with van der Waals surface area (Å²) in [4.78, 5) is 29.4. The highest BCUT2D eigenvalue weighted by Crippen LogP contribution is 2.23. The Hall–Kier alpha value is -3.40. The molecule has 0 radical (unpaired) electrons. The summed E-state index contributed by atoms with van der Waals surface area (Å²) in [6.45, 7) is 3.69. The van der Waals surface area contributed by atoms with Crippen molar-refractivity contribution in [2.24, 2.45) is 10.9 Å². The molecule has 0 saturated heterocycles. The molecular weight excluding hydrogens is 432 g/mol. The lowest BCUT2D eigenvalue weighted by atomic mass is 10.0. The van der Waals surface area contributed by atoms with E-state index >= 15 is 0 Å². The van der Waals surface area contributed by atoms with E-state index in [1.807, 2.05) is 12.1 Å². The zero-order chi connectivity index (χ0) is 23.3. The van der Waals surface area contributed by atoms with Crippen molar-refractivity contribution in [2.75, 3.05) is 13.7 Å². The summed E-state index contributed by atoms with van der Waals surface area (Å²) < 4.78 is 32.0. The number of hydrogen-bond donors (Lipinski definition) is 3. The van der Waals surface area contributed by atoms with Gasteiger partial charge in [0.25, 0.3) is 10.0 Å². The molecule has 3 rings (SSSR count). The molecule has 0 spiro atoms. The first-order valence-corrected chi connectivity index (χ1v) is 11.6. The van der Waals surface area contributed by atoms with Crippen LogP contribution in [0.2, 0.25) is 0 Å². The van der Waals surface area contributed by atoms with E-state index < -0.39 is 22.0 Å². The number of rotatable bonds is 8. The van der Waals surface area contributed by atoms with Gasteiger partial charge in [-0.25, -0.2) is 8.42 Å². The van der Waals surface area contributed by atoms with Gasteiger partial charge in [-0.3, -0.25) is 19.3 Å². The standard InChI is InChI=1S/C22H26N4O5S/c1-14(2)20(25-21-17-6-4-5-7-18(17)32(29,30)26-21)22(28)24-13-19(27)23-12-15-8-10-16(31-3)11-9-15/h4-11,14,20H,12-13H2,1-3H3,(H,23,27)(H,24,28)(H,25,26)/t20-/m0/s1. The Morgan fingerprint density at radius 3 is 2.41 bits per heavy atom. The lowest BCUT2D eigenvalue weighted by Crippen LogP contribution is -2.43. The highest BCUT2D eigenvalue weighted by Gasteiger charge is 2.32. The maximum Gasteiger partial charge on any atom is 0.263 e. The van der Waals surface area contributed by atoms with Crippen LogP contribution in [-0.2, 0) is 26.2 Å². The van der Waals surface area contributed by atoms with Crippen LogP contribution in [0.4, 0.5) is 0 Å². The maximum absolute atomic E-state index is 12.7. The molecule has 0 unspecified atom stereocenters. The highest BCUT2D eigenvalue weighted by molar-refractivity contribution is 7.90. The number of ether oxygens (including phenoxy) is 1. The van der Waals surface area contributed by atoms with E-state index in [1.54, 1.807) is 51.3 Å². The van der Waals surface area contributed by atoms with Gasteiger partial charge in [-0.1, -0.05) is 38.1 Å². The van der Waals surface area contributed by atoms with E-state index in [9.17, 15) is 18.0 Å². The van der Waals surface area contributed by atoms with Crippen molar-refractivity contribution in [3.63, 3.8) is 0 Å². The number of hydrogen-bond acceptors (Lipinski definition) is 6. The molecule has 2 amide bonds. The fraction of sp³-hybridized carbons (Fsp3) is 0.318. The van der Waals surface area contributed by atoms with Crippen LogP contribution < -0.4 is 20.1 Å². The molecule has 9 nitrogen and oxygen atoms in total. The Bertz CT molecular complexity index is 1130. The van der Waals surface area contributed by atoms with Crippen LogP contribution in [-0.4, -0.2) is 45.8 Å². The van der Waals surface area contributed by atoms with E-state index in [-0.39, 0.29) is 29.1 Å². The molecule has 170 valence electrons. The third-order valence-electron chi connectivity index (χ3n) is 4.90. The first kappa shape index (κ1) is 23.3. The first-order chi connectivity index (χ1) is 15.2. The van der Waals surface area contributed by atoms with Gasteiger partial charge in [-0.2, -0.15) is 0 Å². The first-order valence-electron chi connectivity index (χ1n) is 10.1. The van der Waals surface area contributed by atoms with Crippen LogP contribution in [0.25, 0.3) is 0 Å². The van der Waals surface area contributed by atoms with Gasteiger partial charge in [0.1, 0.15) is 17.6 Å². The lowest BCUT2D eigenvalue weighted by Gasteiger charge is -2.17. The Morgan fingerprint density at radius 1 is 1.06 bits per heavy atom. The van der Waals surface area contributed by atoms with Gasteiger partial charge in [0.2, 0.25) is 11.8 Å². The Balaban J connectivity index is 1.61. The third-order valence-corrected chi connectivity index (χ3v) is 6.30. The average Bonchev–Trinajstić information content (AvgIpc) is 3.04. The van der Waals surface area contributed by atoms with Gasteiger partial charge in [0.15, 0.2) is 0 Å². The van der Waals surface area contributed by atoms with Gasteiger partial charge >= 0.3 is 0 Å². The summed E-state index contributed by atoms with van der Waals surface area (Å²) >= 11 is 0. The number of amides is 2. The van der Waals surface area contributed by atoms with Gasteiger partial charge in [0, 0.05) is 12.1 Å². The molecule has 2 aromatic carbocycles. The summed E-state index contributed by atoms with van der Waals surface area (Å²) in [5.41, 5.74) is 1.31. The summed E-state index contributed by atoms with van der Waals surface area (Å²) in [5, 5.41) is 5.32. The highest BCUT2D eigenvalue weighted by atomic mass is 32.2. The average molecular weight is 459 g/mol. The van der Waals surface area contributed by atoms with E-state index in [4.69, 9.17) is 4.74 Å². The van der Waals surface area contributed by atoms with Crippen LogP contribution in [0.15, 0.2) is 58.4 Å². The summed E-state index contributed by atoms with van der Waals surface area (Å²) in [6, 6.07) is 12.8. The summed E-state index contributed by atoms with van der Waals surface area (Å²) in [6.07, 6.45) is 0.